The SMILES string of the molecule is CC(C)(C)N1CC=C[C@]23O[C@H]4C=CCN(Cc5ccccc5)C(=O)[C@H]4[C@H]2C(=O)N([C@H](CO)c2ccccc2)C3C1=O. The van der Waals surface area contributed by atoms with Crippen LogP contribution in [0.5, 0.6) is 0 Å². The van der Waals surface area contributed by atoms with Gasteiger partial charge < -0.3 is 24.5 Å². The van der Waals surface area contributed by atoms with Gasteiger partial charge in [0.15, 0.2) is 0 Å². The molecule has 2 fully saturated rings. The summed E-state index contributed by atoms with van der Waals surface area (Å²) in [6.07, 6.45) is 6.89. The molecule has 0 aliphatic carbocycles. The molecule has 1 N–H and O–H groups in total. The summed E-state index contributed by atoms with van der Waals surface area (Å²) in [5, 5.41) is 10.7. The van der Waals surface area contributed by atoms with Crippen LogP contribution >= 0.6 is 0 Å². The van der Waals surface area contributed by atoms with Gasteiger partial charge in [-0.1, -0.05) is 85.0 Å². The van der Waals surface area contributed by atoms with E-state index in [2.05, 4.69) is 0 Å². The molecule has 1 spiro atoms. The summed E-state index contributed by atoms with van der Waals surface area (Å²) >= 11 is 0. The van der Waals surface area contributed by atoms with E-state index in [9.17, 15) is 19.5 Å². The van der Waals surface area contributed by atoms with Gasteiger partial charge in [-0.3, -0.25) is 14.4 Å². The van der Waals surface area contributed by atoms with Crippen LogP contribution in [0.15, 0.2) is 85.0 Å². The van der Waals surface area contributed by atoms with E-state index in [1.807, 2.05) is 106 Å². The van der Waals surface area contributed by atoms with Crippen LogP contribution in [-0.2, 0) is 25.7 Å². The normalized spacial score (nSPS) is 30.1. The van der Waals surface area contributed by atoms with Gasteiger partial charge in [0.2, 0.25) is 17.7 Å². The zero-order chi connectivity index (χ0) is 28.9. The van der Waals surface area contributed by atoms with Crippen molar-refractivity contribution in [3.05, 3.63) is 96.1 Å². The molecule has 0 saturated carbocycles. The second kappa shape index (κ2) is 10.3. The minimum atomic E-state index is -1.35. The van der Waals surface area contributed by atoms with Gasteiger partial charge in [0.05, 0.1) is 30.6 Å². The number of fused-ring (bicyclic) bond motifs is 2. The molecule has 0 bridgehead atoms. The molecule has 6 rings (SSSR count). The highest BCUT2D eigenvalue weighted by Gasteiger charge is 2.72. The van der Waals surface area contributed by atoms with Gasteiger partial charge in [-0.2, -0.15) is 0 Å². The number of aliphatic hydroxyl groups is 1. The molecular formula is C33H37N3O5. The summed E-state index contributed by atoms with van der Waals surface area (Å²) in [5.74, 6) is -2.47. The molecule has 2 saturated heterocycles. The minimum absolute atomic E-state index is 0.169. The van der Waals surface area contributed by atoms with Crippen LogP contribution in [0.3, 0.4) is 0 Å². The first-order chi connectivity index (χ1) is 19.7. The average molecular weight is 556 g/mol. The van der Waals surface area contributed by atoms with Gasteiger partial charge in [-0.15, -0.1) is 0 Å². The standard InChI is InChI=1S/C33H37N3O5/c1-32(2,3)35-19-11-17-33-27(30(39)36(28(33)31(35)40)24(21-37)23-14-8-5-9-15-23)26-25(41-33)16-10-18-34(29(26)38)20-22-12-6-4-7-13-22/h4-17,24-28,37H,18-21H2,1-3H3/t24-,25+,26-,27+,28?,33+/m1/s1. The van der Waals surface area contributed by atoms with Crippen LogP contribution in [0.1, 0.15) is 37.9 Å². The van der Waals surface area contributed by atoms with Crippen LogP contribution in [0.4, 0.5) is 0 Å². The molecule has 8 heteroatoms. The van der Waals surface area contributed by atoms with Crippen molar-refractivity contribution in [2.24, 2.45) is 11.8 Å². The molecule has 0 aromatic heterocycles. The summed E-state index contributed by atoms with van der Waals surface area (Å²) in [5.41, 5.74) is -0.155. The second-order valence-electron chi connectivity index (χ2n) is 12.4. The summed E-state index contributed by atoms with van der Waals surface area (Å²) in [7, 11) is 0. The number of carbonyl (C=O) groups is 3. The van der Waals surface area contributed by atoms with E-state index in [1.54, 1.807) is 9.80 Å². The van der Waals surface area contributed by atoms with E-state index in [1.165, 1.54) is 4.90 Å². The van der Waals surface area contributed by atoms with Crippen molar-refractivity contribution in [2.45, 2.75) is 56.6 Å². The number of benzene rings is 2. The molecular weight excluding hydrogens is 518 g/mol. The summed E-state index contributed by atoms with van der Waals surface area (Å²) in [4.78, 5) is 48.4. The maximum atomic E-state index is 14.6. The van der Waals surface area contributed by atoms with Gasteiger partial charge in [0.1, 0.15) is 11.6 Å². The van der Waals surface area contributed by atoms with Gasteiger partial charge in [-0.05, 0) is 31.9 Å². The van der Waals surface area contributed by atoms with E-state index in [0.717, 1.165) is 11.1 Å². The Morgan fingerprint density at radius 3 is 2.27 bits per heavy atom. The Bertz CT molecular complexity index is 1380. The molecule has 2 aromatic rings. The molecule has 1 unspecified atom stereocenters. The lowest BCUT2D eigenvalue weighted by Gasteiger charge is -2.42. The molecule has 3 amide bonds. The first kappa shape index (κ1) is 27.4. The lowest BCUT2D eigenvalue weighted by molar-refractivity contribution is -0.154. The van der Waals surface area contributed by atoms with E-state index in [4.69, 9.17) is 4.74 Å². The first-order valence-electron chi connectivity index (χ1n) is 14.3. The summed E-state index contributed by atoms with van der Waals surface area (Å²) < 4.78 is 6.76. The van der Waals surface area contributed by atoms with Gasteiger partial charge >= 0.3 is 0 Å². The molecule has 8 nitrogen and oxygen atoms in total. The Morgan fingerprint density at radius 1 is 0.927 bits per heavy atom. The van der Waals surface area contributed by atoms with E-state index in [-0.39, 0.29) is 24.3 Å². The maximum Gasteiger partial charge on any atom is 0.249 e. The number of nitrogens with zero attached hydrogens (tertiary/aromatic N) is 3. The Morgan fingerprint density at radius 2 is 1.61 bits per heavy atom. The molecule has 0 radical (unpaired) electrons. The number of ether oxygens (including phenoxy) is 1. The fraction of sp³-hybridized carbons (Fsp3) is 0.424. The van der Waals surface area contributed by atoms with E-state index in [0.29, 0.717) is 19.6 Å². The predicted molar refractivity (Wildman–Crippen MR) is 153 cm³/mol. The van der Waals surface area contributed by atoms with E-state index < -0.39 is 41.2 Å². The number of hydrogen-bond donors (Lipinski definition) is 1. The molecule has 41 heavy (non-hydrogen) atoms. The van der Waals surface area contributed by atoms with E-state index >= 15 is 0 Å². The number of likely N-dealkylation sites (tertiary alicyclic amines) is 1. The van der Waals surface area contributed by atoms with Gasteiger partial charge in [0.25, 0.3) is 0 Å². The largest absolute Gasteiger partial charge is 0.394 e. The molecule has 6 atom stereocenters. The van der Waals surface area contributed by atoms with Crippen molar-refractivity contribution >= 4 is 17.7 Å². The van der Waals surface area contributed by atoms with Crippen LogP contribution < -0.4 is 0 Å². The maximum absolute atomic E-state index is 14.6. The van der Waals surface area contributed by atoms with Crippen molar-refractivity contribution < 1.29 is 24.2 Å². The summed E-state index contributed by atoms with van der Waals surface area (Å²) in [6, 6.07) is 17.2. The van der Waals surface area contributed by atoms with Gasteiger partial charge in [0, 0.05) is 25.2 Å². The third-order valence-corrected chi connectivity index (χ3v) is 8.90. The zero-order valence-electron chi connectivity index (χ0n) is 23.7. The molecule has 4 aliphatic heterocycles. The number of hydrogen-bond acceptors (Lipinski definition) is 5. The smallest absolute Gasteiger partial charge is 0.249 e. The van der Waals surface area contributed by atoms with Crippen molar-refractivity contribution in [3.8, 4) is 0 Å². The zero-order valence-corrected chi connectivity index (χ0v) is 23.7. The molecule has 214 valence electrons. The quantitative estimate of drug-likeness (QED) is 0.573. The third kappa shape index (κ3) is 4.41. The minimum Gasteiger partial charge on any atom is -0.394 e. The number of amides is 3. The van der Waals surface area contributed by atoms with Crippen molar-refractivity contribution in [1.29, 1.82) is 0 Å². The van der Waals surface area contributed by atoms with Crippen LogP contribution in [0.25, 0.3) is 0 Å². The van der Waals surface area contributed by atoms with Crippen LogP contribution in [-0.4, -0.2) is 80.5 Å². The Balaban J connectivity index is 1.46. The van der Waals surface area contributed by atoms with Gasteiger partial charge in [-0.25, -0.2) is 0 Å². The first-order valence-corrected chi connectivity index (χ1v) is 14.3. The van der Waals surface area contributed by atoms with Crippen molar-refractivity contribution in [1.82, 2.24) is 14.7 Å². The molecule has 4 heterocycles. The predicted octanol–water partition coefficient (Wildman–Crippen LogP) is 3.10. The number of aliphatic hydroxyl groups excluding tert-OH is 1. The Hall–Kier alpha value is -3.75. The monoisotopic (exact) mass is 555 g/mol. The Kier molecular flexibility index (Phi) is 6.86. The fourth-order valence-corrected chi connectivity index (χ4v) is 7.04. The second-order valence-corrected chi connectivity index (χ2v) is 12.4. The lowest BCUT2D eigenvalue weighted by atomic mass is 9.77. The average Bonchev–Trinajstić information content (AvgIpc) is 3.27. The fourth-order valence-electron chi connectivity index (χ4n) is 7.04. The van der Waals surface area contributed by atoms with Crippen molar-refractivity contribution in [2.75, 3.05) is 19.7 Å². The lowest BCUT2D eigenvalue weighted by Crippen LogP contribution is -2.59. The highest BCUT2D eigenvalue weighted by molar-refractivity contribution is 6.00. The highest BCUT2D eigenvalue weighted by atomic mass is 16.5. The van der Waals surface area contributed by atoms with Crippen LogP contribution in [0.2, 0.25) is 0 Å². The number of rotatable bonds is 5. The highest BCUT2D eigenvalue weighted by Crippen LogP contribution is 2.55. The number of carbonyl (C=O) groups excluding carboxylic acids is 3. The molecule has 4 aliphatic rings. The molecule has 2 aromatic carbocycles. The van der Waals surface area contributed by atoms with Crippen molar-refractivity contribution in [3.63, 3.8) is 0 Å². The van der Waals surface area contributed by atoms with Crippen LogP contribution in [0, 0.1) is 11.8 Å². The third-order valence-electron chi connectivity index (χ3n) is 8.90. The topological polar surface area (TPSA) is 90.4 Å². The Labute approximate surface area is 240 Å². The summed E-state index contributed by atoms with van der Waals surface area (Å²) in [6.45, 7) is 6.68.